The van der Waals surface area contributed by atoms with Crippen LogP contribution >= 0.6 is 15.9 Å². The molecule has 1 unspecified atom stereocenters. The molecule has 0 N–H and O–H groups in total. The Hall–Kier alpha value is -1.24. The maximum atomic E-state index is 13.2. The molecule has 1 aliphatic heterocycles. The van der Waals surface area contributed by atoms with Crippen LogP contribution in [0.3, 0.4) is 0 Å². The Morgan fingerprint density at radius 1 is 1.26 bits per heavy atom. The first-order valence-electron chi connectivity index (χ1n) is 10.1. The Morgan fingerprint density at radius 2 is 2.04 bits per heavy atom. The van der Waals surface area contributed by atoms with E-state index in [2.05, 4.69) is 46.6 Å². The molecule has 0 aliphatic carbocycles. The molecule has 3 rings (SSSR count). The molecule has 0 bridgehead atoms. The lowest BCUT2D eigenvalue weighted by Crippen LogP contribution is -2.37. The summed E-state index contributed by atoms with van der Waals surface area (Å²) in [5.74, 6) is 0.927. The number of benzene rings is 1. The average molecular weight is 435 g/mol. The molecular weight excluding hydrogens is 404 g/mol. The van der Waals surface area contributed by atoms with E-state index >= 15 is 0 Å². The summed E-state index contributed by atoms with van der Waals surface area (Å²) in [6.07, 6.45) is 3.24. The van der Waals surface area contributed by atoms with E-state index in [4.69, 9.17) is 4.98 Å². The number of rotatable bonds is 5. The molecule has 1 aliphatic rings. The molecule has 6 heteroatoms. The number of aromatic nitrogens is 2. The fourth-order valence-electron chi connectivity index (χ4n) is 4.02. The number of fused-ring (bicyclic) bond motifs is 1. The van der Waals surface area contributed by atoms with Crippen molar-refractivity contribution in [1.29, 1.82) is 0 Å². The smallest absolute Gasteiger partial charge is 0.261 e. The van der Waals surface area contributed by atoms with Crippen LogP contribution in [0.1, 0.15) is 51.9 Å². The highest BCUT2D eigenvalue weighted by Gasteiger charge is 2.28. The van der Waals surface area contributed by atoms with Gasteiger partial charge in [0.1, 0.15) is 5.82 Å². The largest absolute Gasteiger partial charge is 0.302 e. The molecule has 2 heterocycles. The summed E-state index contributed by atoms with van der Waals surface area (Å²) in [5.41, 5.74) is 0.865. The van der Waals surface area contributed by atoms with Crippen molar-refractivity contribution >= 4 is 26.8 Å². The van der Waals surface area contributed by atoms with E-state index in [0.29, 0.717) is 18.0 Å². The van der Waals surface area contributed by atoms with E-state index < -0.39 is 0 Å². The van der Waals surface area contributed by atoms with Crippen LogP contribution in [0.15, 0.2) is 27.5 Å². The Bertz CT molecular complexity index is 838. The minimum absolute atomic E-state index is 0.0696. The van der Waals surface area contributed by atoms with Crippen LogP contribution in [-0.2, 0) is 6.54 Å². The van der Waals surface area contributed by atoms with Crippen molar-refractivity contribution in [2.45, 2.75) is 58.7 Å². The van der Waals surface area contributed by atoms with Gasteiger partial charge in [0.25, 0.3) is 5.56 Å². The van der Waals surface area contributed by atoms with Gasteiger partial charge in [0, 0.05) is 36.7 Å². The maximum absolute atomic E-state index is 13.2. The molecule has 0 radical (unpaired) electrons. The fraction of sp³-hybridized carbons (Fsp3) is 0.619. The third-order valence-electron chi connectivity index (χ3n) is 5.89. The van der Waals surface area contributed by atoms with E-state index in [0.717, 1.165) is 54.7 Å². The molecule has 148 valence electrons. The van der Waals surface area contributed by atoms with Gasteiger partial charge >= 0.3 is 0 Å². The minimum atomic E-state index is 0.0696. The van der Waals surface area contributed by atoms with Crippen LogP contribution in [0.25, 0.3) is 10.9 Å². The minimum Gasteiger partial charge on any atom is -0.302 e. The number of hydrogen-bond donors (Lipinski definition) is 0. The number of halogens is 1. The maximum Gasteiger partial charge on any atom is 0.261 e. The number of likely N-dealkylation sites (N-methyl/N-ethyl adjacent to an activating group) is 1. The zero-order valence-corrected chi connectivity index (χ0v) is 18.5. The lowest BCUT2D eigenvalue weighted by Gasteiger charge is -2.31. The Morgan fingerprint density at radius 3 is 2.74 bits per heavy atom. The van der Waals surface area contributed by atoms with E-state index in [1.165, 1.54) is 0 Å². The van der Waals surface area contributed by atoms with Gasteiger partial charge in [-0.15, -0.1) is 0 Å². The van der Waals surface area contributed by atoms with Gasteiger partial charge in [0.15, 0.2) is 0 Å². The van der Waals surface area contributed by atoms with Crippen molar-refractivity contribution in [3.8, 4) is 0 Å². The standard InChI is InChI=1S/C21H31BrN4O/c1-5-7-19(25-11-10-15(3)24(4)12-13-25)20-23-18-9-8-16(22)14-17(18)21(27)26(20)6-2/h8-9,14-15,19H,5-7,10-13H2,1-4H3/t15?,19-/m0/s1. The van der Waals surface area contributed by atoms with Crippen LogP contribution in [0.4, 0.5) is 0 Å². The highest BCUT2D eigenvalue weighted by molar-refractivity contribution is 9.10. The van der Waals surface area contributed by atoms with Gasteiger partial charge in [-0.1, -0.05) is 29.3 Å². The first kappa shape index (κ1) is 20.5. The molecule has 0 saturated carbocycles. The molecule has 0 amide bonds. The topological polar surface area (TPSA) is 41.4 Å². The molecule has 1 fully saturated rings. The van der Waals surface area contributed by atoms with Crippen molar-refractivity contribution in [3.63, 3.8) is 0 Å². The lowest BCUT2D eigenvalue weighted by molar-refractivity contribution is 0.180. The summed E-state index contributed by atoms with van der Waals surface area (Å²) in [7, 11) is 2.21. The molecular formula is C21H31BrN4O. The van der Waals surface area contributed by atoms with Crippen LogP contribution < -0.4 is 5.56 Å². The van der Waals surface area contributed by atoms with Crippen LogP contribution in [0.2, 0.25) is 0 Å². The fourth-order valence-corrected chi connectivity index (χ4v) is 4.38. The van der Waals surface area contributed by atoms with E-state index in [1.807, 2.05) is 29.7 Å². The van der Waals surface area contributed by atoms with Crippen LogP contribution in [-0.4, -0.2) is 52.1 Å². The number of hydrogen-bond acceptors (Lipinski definition) is 4. The molecule has 0 spiro atoms. The van der Waals surface area contributed by atoms with Gasteiger partial charge in [-0.25, -0.2) is 4.98 Å². The average Bonchev–Trinajstić information content (AvgIpc) is 2.82. The Balaban J connectivity index is 2.08. The van der Waals surface area contributed by atoms with Crippen molar-refractivity contribution in [2.24, 2.45) is 0 Å². The first-order valence-corrected chi connectivity index (χ1v) is 10.9. The zero-order chi connectivity index (χ0) is 19.6. The van der Waals surface area contributed by atoms with Gasteiger partial charge in [0.05, 0.1) is 16.9 Å². The Kier molecular flexibility index (Phi) is 6.71. The molecule has 27 heavy (non-hydrogen) atoms. The van der Waals surface area contributed by atoms with Crippen molar-refractivity contribution < 1.29 is 0 Å². The Labute approximate surface area is 170 Å². The van der Waals surface area contributed by atoms with Crippen molar-refractivity contribution in [3.05, 3.63) is 38.9 Å². The summed E-state index contributed by atoms with van der Waals surface area (Å²) >= 11 is 3.48. The zero-order valence-electron chi connectivity index (χ0n) is 16.9. The molecule has 1 saturated heterocycles. The second-order valence-corrected chi connectivity index (χ2v) is 8.56. The normalized spacial score (nSPS) is 20.7. The predicted octanol–water partition coefficient (Wildman–Crippen LogP) is 4.05. The van der Waals surface area contributed by atoms with Gasteiger partial charge in [-0.2, -0.15) is 0 Å². The van der Waals surface area contributed by atoms with Crippen LogP contribution in [0.5, 0.6) is 0 Å². The predicted molar refractivity (Wildman–Crippen MR) is 115 cm³/mol. The third kappa shape index (κ3) is 4.28. The lowest BCUT2D eigenvalue weighted by atomic mass is 10.1. The van der Waals surface area contributed by atoms with Gasteiger partial charge in [-0.3, -0.25) is 14.3 Å². The summed E-state index contributed by atoms with van der Waals surface area (Å²) in [6, 6.07) is 6.58. The molecule has 2 atom stereocenters. The summed E-state index contributed by atoms with van der Waals surface area (Å²) in [4.78, 5) is 23.1. The second-order valence-electron chi connectivity index (χ2n) is 7.64. The molecule has 1 aromatic carbocycles. The van der Waals surface area contributed by atoms with Crippen molar-refractivity contribution in [2.75, 3.05) is 26.7 Å². The molecule has 1 aromatic heterocycles. The van der Waals surface area contributed by atoms with Gasteiger partial charge in [-0.05, 0) is 51.9 Å². The first-order chi connectivity index (χ1) is 13.0. The highest BCUT2D eigenvalue weighted by Crippen LogP contribution is 2.27. The van der Waals surface area contributed by atoms with E-state index in [1.54, 1.807) is 0 Å². The summed E-state index contributed by atoms with van der Waals surface area (Å²) in [5, 5.41) is 0.689. The molecule has 5 nitrogen and oxygen atoms in total. The van der Waals surface area contributed by atoms with Crippen LogP contribution in [0, 0.1) is 0 Å². The quantitative estimate of drug-likeness (QED) is 0.711. The van der Waals surface area contributed by atoms with Crippen molar-refractivity contribution in [1.82, 2.24) is 19.4 Å². The van der Waals surface area contributed by atoms with Gasteiger partial charge < -0.3 is 4.90 Å². The SMILES string of the molecule is CCC[C@@H](c1nc2ccc(Br)cc2c(=O)n1CC)N1CCC(C)N(C)CC1. The third-order valence-corrected chi connectivity index (χ3v) is 6.38. The second kappa shape index (κ2) is 8.84. The summed E-state index contributed by atoms with van der Waals surface area (Å²) < 4.78 is 2.80. The van der Waals surface area contributed by atoms with Gasteiger partial charge in [0.2, 0.25) is 0 Å². The highest BCUT2D eigenvalue weighted by atomic mass is 79.9. The monoisotopic (exact) mass is 434 g/mol. The number of nitrogens with zero attached hydrogens (tertiary/aromatic N) is 4. The van der Waals surface area contributed by atoms with E-state index in [-0.39, 0.29) is 11.6 Å². The van der Waals surface area contributed by atoms with E-state index in [9.17, 15) is 4.79 Å². The summed E-state index contributed by atoms with van der Waals surface area (Å²) in [6.45, 7) is 10.3. The molecule has 2 aromatic rings.